The third kappa shape index (κ3) is 3.79. The van der Waals surface area contributed by atoms with Crippen LogP contribution in [0.2, 0.25) is 0 Å². The molecule has 2 aromatic carbocycles. The number of rotatable bonds is 4. The molecule has 1 fully saturated rings. The van der Waals surface area contributed by atoms with Crippen molar-refractivity contribution in [3.05, 3.63) is 66.7 Å². The molecule has 136 valence electrons. The van der Waals surface area contributed by atoms with E-state index in [0.29, 0.717) is 24.3 Å². The molecule has 1 saturated heterocycles. The summed E-state index contributed by atoms with van der Waals surface area (Å²) < 4.78 is 1.63. The number of amides is 2. The summed E-state index contributed by atoms with van der Waals surface area (Å²) >= 11 is 0. The van der Waals surface area contributed by atoms with Gasteiger partial charge in [0.1, 0.15) is 12.7 Å². The van der Waals surface area contributed by atoms with Crippen molar-refractivity contribution in [2.24, 2.45) is 0 Å². The van der Waals surface area contributed by atoms with E-state index < -0.39 is 0 Å². The first-order valence-corrected chi connectivity index (χ1v) is 8.57. The van der Waals surface area contributed by atoms with Gasteiger partial charge in [-0.3, -0.25) is 9.59 Å². The molecule has 0 spiro atoms. The Bertz CT molecular complexity index is 935. The SMILES string of the molecule is O=C1CN(c2ccc(NC(=O)c3ccc(-n4cncn4)cc3)cc2)CCN1. The Labute approximate surface area is 155 Å². The summed E-state index contributed by atoms with van der Waals surface area (Å²) in [4.78, 5) is 29.8. The van der Waals surface area contributed by atoms with Crippen molar-refractivity contribution in [1.82, 2.24) is 20.1 Å². The van der Waals surface area contributed by atoms with Crippen molar-refractivity contribution in [3.8, 4) is 5.69 Å². The van der Waals surface area contributed by atoms with Crippen LogP contribution in [-0.4, -0.2) is 46.2 Å². The third-order valence-electron chi connectivity index (χ3n) is 4.34. The van der Waals surface area contributed by atoms with Crippen LogP contribution in [0.4, 0.5) is 11.4 Å². The van der Waals surface area contributed by atoms with Gasteiger partial charge >= 0.3 is 0 Å². The minimum Gasteiger partial charge on any atom is -0.360 e. The van der Waals surface area contributed by atoms with E-state index in [-0.39, 0.29) is 11.8 Å². The lowest BCUT2D eigenvalue weighted by atomic mass is 10.2. The van der Waals surface area contributed by atoms with Gasteiger partial charge in [-0.05, 0) is 48.5 Å². The van der Waals surface area contributed by atoms with E-state index in [1.807, 2.05) is 41.3 Å². The number of nitrogens with zero attached hydrogens (tertiary/aromatic N) is 4. The fourth-order valence-electron chi connectivity index (χ4n) is 2.92. The summed E-state index contributed by atoms with van der Waals surface area (Å²) in [6.07, 6.45) is 3.06. The zero-order chi connectivity index (χ0) is 18.6. The summed E-state index contributed by atoms with van der Waals surface area (Å²) in [5.74, 6) is -0.168. The Hall–Kier alpha value is -3.68. The van der Waals surface area contributed by atoms with Gasteiger partial charge < -0.3 is 15.5 Å². The molecule has 2 amide bonds. The van der Waals surface area contributed by atoms with Crippen LogP contribution in [0, 0.1) is 0 Å². The molecule has 0 unspecified atom stereocenters. The molecule has 2 heterocycles. The largest absolute Gasteiger partial charge is 0.360 e. The molecule has 8 nitrogen and oxygen atoms in total. The molecule has 2 N–H and O–H groups in total. The van der Waals surface area contributed by atoms with Gasteiger partial charge in [-0.15, -0.1) is 0 Å². The van der Waals surface area contributed by atoms with Crippen molar-refractivity contribution in [3.63, 3.8) is 0 Å². The third-order valence-corrected chi connectivity index (χ3v) is 4.34. The van der Waals surface area contributed by atoms with Crippen LogP contribution in [-0.2, 0) is 4.79 Å². The number of nitrogens with one attached hydrogen (secondary N) is 2. The second kappa shape index (κ2) is 7.28. The highest BCUT2D eigenvalue weighted by Gasteiger charge is 2.16. The maximum absolute atomic E-state index is 12.4. The van der Waals surface area contributed by atoms with Crippen LogP contribution >= 0.6 is 0 Å². The quantitative estimate of drug-likeness (QED) is 0.733. The average Bonchev–Trinajstić information content (AvgIpc) is 3.23. The van der Waals surface area contributed by atoms with Gasteiger partial charge in [-0.25, -0.2) is 9.67 Å². The smallest absolute Gasteiger partial charge is 0.255 e. The van der Waals surface area contributed by atoms with Crippen molar-refractivity contribution < 1.29 is 9.59 Å². The standard InChI is InChI=1S/C19H18N6O2/c26-18-11-24(10-9-21-18)16-7-3-15(4-8-16)23-19(27)14-1-5-17(6-2-14)25-13-20-12-22-25/h1-8,12-13H,9-11H2,(H,21,26)(H,23,27). The molecule has 1 aromatic heterocycles. The van der Waals surface area contributed by atoms with Gasteiger partial charge in [-0.1, -0.05) is 0 Å². The average molecular weight is 362 g/mol. The Balaban J connectivity index is 1.41. The monoisotopic (exact) mass is 362 g/mol. The first kappa shape index (κ1) is 16.8. The molecule has 27 heavy (non-hydrogen) atoms. The molecule has 4 rings (SSSR count). The lowest BCUT2D eigenvalue weighted by molar-refractivity contribution is -0.120. The molecule has 3 aromatic rings. The van der Waals surface area contributed by atoms with Crippen molar-refractivity contribution in [1.29, 1.82) is 0 Å². The maximum atomic E-state index is 12.4. The molecule has 0 bridgehead atoms. The highest BCUT2D eigenvalue weighted by molar-refractivity contribution is 6.04. The summed E-state index contributed by atoms with van der Waals surface area (Å²) in [5, 5.41) is 9.74. The van der Waals surface area contributed by atoms with Crippen LogP contribution in [0.3, 0.4) is 0 Å². The van der Waals surface area contributed by atoms with E-state index in [0.717, 1.165) is 17.9 Å². The van der Waals surface area contributed by atoms with Gasteiger partial charge in [0.15, 0.2) is 0 Å². The minimum absolute atomic E-state index is 0.0213. The number of carbonyl (C=O) groups excluding carboxylic acids is 2. The van der Waals surface area contributed by atoms with Gasteiger partial charge in [0, 0.05) is 30.0 Å². The summed E-state index contributed by atoms with van der Waals surface area (Å²) in [7, 11) is 0. The van der Waals surface area contributed by atoms with Gasteiger partial charge in [0.2, 0.25) is 5.91 Å². The van der Waals surface area contributed by atoms with E-state index in [1.165, 1.54) is 6.33 Å². The number of hydrogen-bond donors (Lipinski definition) is 2. The lowest BCUT2D eigenvalue weighted by Gasteiger charge is -2.28. The molecule has 1 aliphatic heterocycles. The molecule has 0 atom stereocenters. The van der Waals surface area contributed by atoms with E-state index in [4.69, 9.17) is 0 Å². The van der Waals surface area contributed by atoms with Crippen LogP contribution in [0.15, 0.2) is 61.2 Å². The Kier molecular flexibility index (Phi) is 4.52. The van der Waals surface area contributed by atoms with Crippen molar-refractivity contribution in [2.75, 3.05) is 29.9 Å². The molecule has 0 saturated carbocycles. The number of aromatic nitrogens is 3. The first-order valence-electron chi connectivity index (χ1n) is 8.57. The normalized spacial score (nSPS) is 13.9. The predicted molar refractivity (Wildman–Crippen MR) is 101 cm³/mol. The predicted octanol–water partition coefficient (Wildman–Crippen LogP) is 1.46. The molecule has 0 aliphatic carbocycles. The summed E-state index contributed by atoms with van der Waals surface area (Å²) in [6, 6.07) is 14.6. The second-order valence-electron chi connectivity index (χ2n) is 6.16. The van der Waals surface area contributed by atoms with Crippen molar-refractivity contribution in [2.45, 2.75) is 0 Å². The number of anilines is 2. The zero-order valence-corrected chi connectivity index (χ0v) is 14.5. The van der Waals surface area contributed by atoms with Crippen LogP contribution in [0.25, 0.3) is 5.69 Å². The second-order valence-corrected chi connectivity index (χ2v) is 6.16. The van der Waals surface area contributed by atoms with Crippen LogP contribution in [0.5, 0.6) is 0 Å². The maximum Gasteiger partial charge on any atom is 0.255 e. The highest BCUT2D eigenvalue weighted by Crippen LogP contribution is 2.19. The van der Waals surface area contributed by atoms with Crippen LogP contribution in [0.1, 0.15) is 10.4 Å². The van der Waals surface area contributed by atoms with E-state index in [2.05, 4.69) is 20.7 Å². The minimum atomic E-state index is -0.190. The molecule has 0 radical (unpaired) electrons. The zero-order valence-electron chi connectivity index (χ0n) is 14.5. The number of carbonyl (C=O) groups is 2. The lowest BCUT2D eigenvalue weighted by Crippen LogP contribution is -2.47. The van der Waals surface area contributed by atoms with E-state index >= 15 is 0 Å². The topological polar surface area (TPSA) is 92.2 Å². The number of benzene rings is 2. The number of piperazine rings is 1. The number of hydrogen-bond acceptors (Lipinski definition) is 5. The Morgan fingerprint density at radius 2 is 1.78 bits per heavy atom. The first-order chi connectivity index (χ1) is 13.2. The van der Waals surface area contributed by atoms with Gasteiger partial charge in [0.05, 0.1) is 12.2 Å². The van der Waals surface area contributed by atoms with Crippen molar-refractivity contribution >= 4 is 23.2 Å². The highest BCUT2D eigenvalue weighted by atomic mass is 16.2. The molecule has 8 heteroatoms. The van der Waals surface area contributed by atoms with Gasteiger partial charge in [0.25, 0.3) is 5.91 Å². The Morgan fingerprint density at radius 1 is 1.04 bits per heavy atom. The molecular formula is C19H18N6O2. The molecular weight excluding hydrogens is 344 g/mol. The van der Waals surface area contributed by atoms with E-state index in [9.17, 15) is 9.59 Å². The van der Waals surface area contributed by atoms with Gasteiger partial charge in [-0.2, -0.15) is 5.10 Å². The summed E-state index contributed by atoms with van der Waals surface area (Å²) in [6.45, 7) is 1.77. The Morgan fingerprint density at radius 3 is 2.44 bits per heavy atom. The molecule has 1 aliphatic rings. The fraction of sp³-hybridized carbons (Fsp3) is 0.158. The van der Waals surface area contributed by atoms with E-state index in [1.54, 1.807) is 23.1 Å². The summed E-state index contributed by atoms with van der Waals surface area (Å²) in [5.41, 5.74) is 3.04. The fourth-order valence-corrected chi connectivity index (χ4v) is 2.92. The van der Waals surface area contributed by atoms with Crippen LogP contribution < -0.4 is 15.5 Å².